The highest BCUT2D eigenvalue weighted by Gasteiger charge is 2.59. The van der Waals surface area contributed by atoms with Crippen molar-refractivity contribution < 1.29 is 14.3 Å². The number of carbonyl (C=O) groups is 2. The molecule has 3 fully saturated rings. The molecule has 3 saturated carbocycles. The Morgan fingerprint density at radius 3 is 2.62 bits per heavy atom. The Kier molecular flexibility index (Phi) is 5.83. The van der Waals surface area contributed by atoms with Gasteiger partial charge in [0, 0.05) is 15.9 Å². The molecule has 32 heavy (non-hydrogen) atoms. The standard InChI is InChI=1S/C28H35IO3/c1-17(30)23-9-10-24-22-8-7-19-16-21(32-26(31)18-5-4-6-20(29)15-18)11-13-27(19,2)25(22)12-14-28(23,24)3/h4-7,15,21-25H,8-14,16H2,1-3H3/t21-,22+,23-,24+,25+,27-,28-/m0/s1. The molecule has 0 saturated heterocycles. The van der Waals surface area contributed by atoms with Crippen molar-refractivity contribution >= 4 is 34.3 Å². The molecule has 0 bridgehead atoms. The summed E-state index contributed by atoms with van der Waals surface area (Å²) in [5.74, 6) is 2.57. The summed E-state index contributed by atoms with van der Waals surface area (Å²) in [6, 6.07) is 7.65. The first-order valence-corrected chi connectivity index (χ1v) is 13.5. The maximum atomic E-state index is 12.7. The predicted octanol–water partition coefficient (Wildman–Crippen LogP) is 6.98. The minimum absolute atomic E-state index is 0.0151. The number of rotatable bonds is 3. The van der Waals surface area contributed by atoms with Crippen LogP contribution in [0.15, 0.2) is 35.9 Å². The van der Waals surface area contributed by atoms with Crippen molar-refractivity contribution in [3.8, 4) is 0 Å². The van der Waals surface area contributed by atoms with Gasteiger partial charge in [-0.25, -0.2) is 4.79 Å². The van der Waals surface area contributed by atoms with Crippen molar-refractivity contribution in [3.05, 3.63) is 45.0 Å². The molecule has 0 aromatic heterocycles. The largest absolute Gasteiger partial charge is 0.458 e. The van der Waals surface area contributed by atoms with Gasteiger partial charge in [-0.3, -0.25) is 4.79 Å². The zero-order chi connectivity index (χ0) is 22.7. The Balaban J connectivity index is 1.32. The molecule has 4 aliphatic carbocycles. The third-order valence-electron chi connectivity index (χ3n) is 9.88. The summed E-state index contributed by atoms with van der Waals surface area (Å²) in [5.41, 5.74) is 2.60. The van der Waals surface area contributed by atoms with Crippen molar-refractivity contribution in [1.82, 2.24) is 0 Å². The van der Waals surface area contributed by atoms with Gasteiger partial charge in [-0.2, -0.15) is 0 Å². The molecule has 172 valence electrons. The van der Waals surface area contributed by atoms with Crippen LogP contribution in [0.5, 0.6) is 0 Å². The fourth-order valence-electron chi connectivity index (χ4n) is 8.23. The van der Waals surface area contributed by atoms with Crippen LogP contribution in [0.4, 0.5) is 0 Å². The maximum Gasteiger partial charge on any atom is 0.338 e. The molecule has 1 aromatic rings. The van der Waals surface area contributed by atoms with E-state index in [9.17, 15) is 9.59 Å². The molecule has 0 spiro atoms. The van der Waals surface area contributed by atoms with Gasteiger partial charge in [0.25, 0.3) is 0 Å². The lowest BCUT2D eigenvalue weighted by Crippen LogP contribution is -2.51. The third-order valence-corrected chi connectivity index (χ3v) is 10.6. The normalized spacial score (nSPS) is 40.5. The number of hydrogen-bond acceptors (Lipinski definition) is 3. The summed E-state index contributed by atoms with van der Waals surface area (Å²) >= 11 is 2.23. The van der Waals surface area contributed by atoms with Crippen LogP contribution in [0, 0.1) is 38.1 Å². The summed E-state index contributed by atoms with van der Waals surface area (Å²) in [6.45, 7) is 6.70. The maximum absolute atomic E-state index is 12.7. The van der Waals surface area contributed by atoms with Crippen LogP contribution in [0.25, 0.3) is 0 Å². The number of esters is 1. The van der Waals surface area contributed by atoms with Crippen molar-refractivity contribution in [2.45, 2.75) is 78.2 Å². The first kappa shape index (κ1) is 22.6. The third kappa shape index (κ3) is 3.59. The van der Waals surface area contributed by atoms with Crippen LogP contribution in [-0.2, 0) is 9.53 Å². The lowest BCUT2D eigenvalue weighted by Gasteiger charge is -2.58. The van der Waals surface area contributed by atoms with Crippen LogP contribution >= 0.6 is 22.6 Å². The van der Waals surface area contributed by atoms with Crippen molar-refractivity contribution in [2.24, 2.45) is 34.5 Å². The van der Waals surface area contributed by atoms with Crippen LogP contribution in [0.2, 0.25) is 0 Å². The summed E-state index contributed by atoms with van der Waals surface area (Å²) in [6.07, 6.45) is 11.3. The van der Waals surface area contributed by atoms with Crippen molar-refractivity contribution in [3.63, 3.8) is 0 Å². The van der Waals surface area contributed by atoms with Gasteiger partial charge < -0.3 is 4.74 Å². The molecule has 0 aliphatic heterocycles. The number of allylic oxidation sites excluding steroid dienone is 1. The van der Waals surface area contributed by atoms with E-state index in [1.165, 1.54) is 24.8 Å². The zero-order valence-electron chi connectivity index (χ0n) is 19.5. The smallest absolute Gasteiger partial charge is 0.338 e. The molecule has 0 unspecified atom stereocenters. The molecular weight excluding hydrogens is 511 g/mol. The average molecular weight is 546 g/mol. The monoisotopic (exact) mass is 546 g/mol. The van der Waals surface area contributed by atoms with E-state index in [-0.39, 0.29) is 28.8 Å². The molecule has 7 atom stereocenters. The number of Topliss-reactive ketones (excluding diaryl/α,β-unsaturated/α-hetero) is 1. The van der Waals surface area contributed by atoms with E-state index in [0.29, 0.717) is 29.1 Å². The van der Waals surface area contributed by atoms with Crippen molar-refractivity contribution in [1.29, 1.82) is 0 Å². The fraction of sp³-hybridized carbons (Fsp3) is 0.643. The van der Waals surface area contributed by atoms with E-state index < -0.39 is 0 Å². The van der Waals surface area contributed by atoms with Crippen LogP contribution in [0.1, 0.15) is 82.5 Å². The summed E-state index contributed by atoms with van der Waals surface area (Å²) in [4.78, 5) is 25.1. The highest BCUT2D eigenvalue weighted by atomic mass is 127. The van der Waals surface area contributed by atoms with E-state index in [1.807, 2.05) is 31.2 Å². The fourth-order valence-corrected chi connectivity index (χ4v) is 8.77. The van der Waals surface area contributed by atoms with Gasteiger partial charge in [0.15, 0.2) is 0 Å². The zero-order valence-corrected chi connectivity index (χ0v) is 21.7. The molecule has 0 amide bonds. The quantitative estimate of drug-likeness (QED) is 0.233. The van der Waals surface area contributed by atoms with Gasteiger partial charge >= 0.3 is 5.97 Å². The lowest BCUT2D eigenvalue weighted by atomic mass is 9.47. The number of ketones is 1. The predicted molar refractivity (Wildman–Crippen MR) is 134 cm³/mol. The van der Waals surface area contributed by atoms with E-state index in [1.54, 1.807) is 0 Å². The van der Waals surface area contributed by atoms with Gasteiger partial charge in [0.05, 0.1) is 5.56 Å². The molecule has 4 aliphatic rings. The van der Waals surface area contributed by atoms with E-state index in [0.717, 1.165) is 35.7 Å². The Morgan fingerprint density at radius 1 is 1.06 bits per heavy atom. The van der Waals surface area contributed by atoms with Crippen LogP contribution in [-0.4, -0.2) is 17.9 Å². The summed E-state index contributed by atoms with van der Waals surface area (Å²) in [5, 5.41) is 0. The van der Waals surface area contributed by atoms with Gasteiger partial charge in [0.1, 0.15) is 11.9 Å². The Bertz CT molecular complexity index is 967. The number of hydrogen-bond donors (Lipinski definition) is 0. The summed E-state index contributed by atoms with van der Waals surface area (Å²) < 4.78 is 7.02. The van der Waals surface area contributed by atoms with Gasteiger partial charge in [-0.15, -0.1) is 0 Å². The Labute approximate surface area is 205 Å². The van der Waals surface area contributed by atoms with Crippen molar-refractivity contribution in [2.75, 3.05) is 0 Å². The van der Waals surface area contributed by atoms with E-state index in [4.69, 9.17) is 4.74 Å². The first-order valence-electron chi connectivity index (χ1n) is 12.4. The molecule has 5 rings (SSSR count). The minimum atomic E-state index is -0.193. The highest BCUT2D eigenvalue weighted by Crippen LogP contribution is 2.66. The lowest BCUT2D eigenvalue weighted by molar-refractivity contribution is -0.127. The number of benzene rings is 1. The molecule has 0 radical (unpaired) electrons. The van der Waals surface area contributed by atoms with Gasteiger partial charge in [-0.05, 0) is 121 Å². The molecule has 0 N–H and O–H groups in total. The van der Waals surface area contributed by atoms with E-state index >= 15 is 0 Å². The Morgan fingerprint density at radius 2 is 1.88 bits per heavy atom. The topological polar surface area (TPSA) is 43.4 Å². The highest BCUT2D eigenvalue weighted by molar-refractivity contribution is 14.1. The molecular formula is C28H35IO3. The Hall–Kier alpha value is -1.17. The average Bonchev–Trinajstić information content (AvgIpc) is 3.11. The van der Waals surface area contributed by atoms with Gasteiger partial charge in [-0.1, -0.05) is 31.6 Å². The first-order chi connectivity index (χ1) is 15.2. The van der Waals surface area contributed by atoms with Crippen LogP contribution < -0.4 is 0 Å². The minimum Gasteiger partial charge on any atom is -0.458 e. The summed E-state index contributed by atoms with van der Waals surface area (Å²) in [7, 11) is 0. The molecule has 1 aromatic carbocycles. The second-order valence-electron chi connectivity index (χ2n) is 11.3. The number of halogens is 1. The number of ether oxygens (including phenoxy) is 1. The van der Waals surface area contributed by atoms with Gasteiger partial charge in [0.2, 0.25) is 0 Å². The molecule has 3 nitrogen and oxygen atoms in total. The second kappa shape index (κ2) is 8.25. The molecule has 0 heterocycles. The SMILES string of the molecule is CC(=O)[C@@H]1CC[C@@H]2[C@H]3CC=C4C[C@@H](OC(=O)c5cccc(I)c5)CC[C@]4(C)[C@@H]3CC[C@]21C. The van der Waals surface area contributed by atoms with E-state index in [2.05, 4.69) is 42.5 Å². The number of carbonyl (C=O) groups excluding carboxylic acids is 2. The van der Waals surface area contributed by atoms with Crippen LogP contribution in [0.3, 0.4) is 0 Å². The second-order valence-corrected chi connectivity index (χ2v) is 12.6. The molecule has 4 heteroatoms. The number of fused-ring (bicyclic) bond motifs is 5.